The van der Waals surface area contributed by atoms with Crippen LogP contribution in [0.3, 0.4) is 0 Å². The maximum Gasteiger partial charge on any atom is 0.211 e. The predicted molar refractivity (Wildman–Crippen MR) is 91.3 cm³/mol. The molecule has 0 atom stereocenters. The molecule has 3 heteroatoms. The third kappa shape index (κ3) is 2.76. The molecule has 0 fully saturated rings. The molecule has 1 aromatic heterocycles. The summed E-state index contributed by atoms with van der Waals surface area (Å²) in [7, 11) is 0. The normalized spacial score (nSPS) is 15.9. The van der Waals surface area contributed by atoms with E-state index >= 15 is 0 Å². The molecule has 3 rings (SSSR count). The first-order chi connectivity index (χ1) is 10.7. The van der Waals surface area contributed by atoms with Crippen molar-refractivity contribution in [2.75, 3.05) is 6.61 Å². The van der Waals surface area contributed by atoms with Crippen LogP contribution < -0.4 is 4.74 Å². The van der Waals surface area contributed by atoms with E-state index in [1.54, 1.807) is 12.3 Å². The molecule has 0 saturated heterocycles. The van der Waals surface area contributed by atoms with Gasteiger partial charge in [0.25, 0.3) is 0 Å². The minimum atomic E-state index is -0.0924. The zero-order valence-corrected chi connectivity index (χ0v) is 14.4. The van der Waals surface area contributed by atoms with Gasteiger partial charge in [-0.1, -0.05) is 40.7 Å². The second-order valence-electron chi connectivity index (χ2n) is 7.87. The number of fused-ring (bicyclic) bond motifs is 1. The molecule has 2 heterocycles. The van der Waals surface area contributed by atoms with Crippen molar-refractivity contribution in [3.63, 3.8) is 0 Å². The second-order valence-corrected chi connectivity index (χ2v) is 7.87. The highest BCUT2D eigenvalue weighted by atomic mass is 16.5. The molecule has 2 aromatic rings. The van der Waals surface area contributed by atoms with E-state index in [1.165, 1.54) is 0 Å². The van der Waals surface area contributed by atoms with Gasteiger partial charge < -0.3 is 4.74 Å². The number of hydrogen-bond donors (Lipinski definition) is 0. The molecule has 1 aliphatic heterocycles. The Balaban J connectivity index is 2.18. The van der Waals surface area contributed by atoms with Crippen LogP contribution in [0.15, 0.2) is 36.5 Å². The van der Waals surface area contributed by atoms with Crippen LogP contribution in [-0.4, -0.2) is 17.4 Å². The largest absolute Gasteiger partial charge is 0.492 e. The van der Waals surface area contributed by atoms with Crippen molar-refractivity contribution in [3.8, 4) is 5.75 Å². The third-order valence-electron chi connectivity index (χ3n) is 4.36. The van der Waals surface area contributed by atoms with Crippen molar-refractivity contribution in [1.82, 2.24) is 4.98 Å². The molecule has 0 N–H and O–H groups in total. The Hall–Kier alpha value is -2.16. The topological polar surface area (TPSA) is 39.2 Å². The number of hydrogen-bond acceptors (Lipinski definition) is 3. The number of ether oxygens (including phenoxy) is 1. The van der Waals surface area contributed by atoms with Crippen LogP contribution in [0.5, 0.6) is 5.75 Å². The van der Waals surface area contributed by atoms with Crippen LogP contribution in [0.2, 0.25) is 0 Å². The van der Waals surface area contributed by atoms with E-state index in [1.807, 2.05) is 24.3 Å². The fourth-order valence-electron chi connectivity index (χ4n) is 2.95. The van der Waals surface area contributed by atoms with E-state index in [0.29, 0.717) is 17.9 Å². The van der Waals surface area contributed by atoms with Crippen LogP contribution in [0, 0.1) is 0 Å². The summed E-state index contributed by atoms with van der Waals surface area (Å²) >= 11 is 0. The molecule has 0 radical (unpaired) electrons. The number of carbonyl (C=O) groups is 1. The van der Waals surface area contributed by atoms with Gasteiger partial charge in [0.1, 0.15) is 11.4 Å². The number of pyridine rings is 1. The summed E-state index contributed by atoms with van der Waals surface area (Å²) in [5.41, 5.74) is 3.18. The summed E-state index contributed by atoms with van der Waals surface area (Å²) in [6, 6.07) is 9.36. The van der Waals surface area contributed by atoms with Crippen LogP contribution in [0.1, 0.15) is 61.8 Å². The Morgan fingerprint density at radius 1 is 1.22 bits per heavy atom. The highest BCUT2D eigenvalue weighted by Gasteiger charge is 2.37. The smallest absolute Gasteiger partial charge is 0.211 e. The maximum atomic E-state index is 12.8. The summed E-state index contributed by atoms with van der Waals surface area (Å²) in [6.07, 6.45) is 1.65. The molecule has 23 heavy (non-hydrogen) atoms. The predicted octanol–water partition coefficient (Wildman–Crippen LogP) is 4.28. The molecule has 0 amide bonds. The molecule has 0 bridgehead atoms. The Labute approximate surface area is 137 Å². The summed E-state index contributed by atoms with van der Waals surface area (Å²) in [6.45, 7) is 11.4. The molecule has 0 unspecified atom stereocenters. The molecule has 0 saturated carbocycles. The molecule has 0 spiro atoms. The van der Waals surface area contributed by atoms with Gasteiger partial charge in [-0.2, -0.15) is 0 Å². The van der Waals surface area contributed by atoms with E-state index in [2.05, 4.69) is 39.6 Å². The van der Waals surface area contributed by atoms with Gasteiger partial charge in [0.2, 0.25) is 5.78 Å². The van der Waals surface area contributed by atoms with Gasteiger partial charge in [-0.25, -0.2) is 0 Å². The molecule has 0 aliphatic carbocycles. The minimum Gasteiger partial charge on any atom is -0.492 e. The highest BCUT2D eigenvalue weighted by molar-refractivity contribution is 6.08. The SMILES string of the molecule is CC(C)(C)c1cc(C(=O)c2ccccn2)cc2c1OCC2(C)C. The van der Waals surface area contributed by atoms with Crippen molar-refractivity contribution in [1.29, 1.82) is 0 Å². The van der Waals surface area contributed by atoms with Gasteiger partial charge in [-0.05, 0) is 29.7 Å². The molecule has 1 aromatic carbocycles. The van der Waals surface area contributed by atoms with Crippen LogP contribution >= 0.6 is 0 Å². The minimum absolute atomic E-state index is 0.0402. The van der Waals surface area contributed by atoms with E-state index in [-0.39, 0.29) is 16.6 Å². The van der Waals surface area contributed by atoms with Crippen LogP contribution in [-0.2, 0) is 10.8 Å². The van der Waals surface area contributed by atoms with Gasteiger partial charge in [0, 0.05) is 28.3 Å². The van der Waals surface area contributed by atoms with Gasteiger partial charge in [-0.15, -0.1) is 0 Å². The summed E-state index contributed by atoms with van der Waals surface area (Å²) in [4.78, 5) is 17.0. The molecular formula is C20H23NO2. The Morgan fingerprint density at radius 2 is 1.96 bits per heavy atom. The zero-order valence-electron chi connectivity index (χ0n) is 14.4. The van der Waals surface area contributed by atoms with E-state index in [9.17, 15) is 4.79 Å². The monoisotopic (exact) mass is 309 g/mol. The first-order valence-corrected chi connectivity index (χ1v) is 7.98. The number of nitrogens with zero attached hydrogens (tertiary/aromatic N) is 1. The summed E-state index contributed by atoms with van der Waals surface area (Å²) in [5.74, 6) is 0.904. The number of rotatable bonds is 2. The quantitative estimate of drug-likeness (QED) is 0.777. The lowest BCUT2D eigenvalue weighted by Crippen LogP contribution is -2.19. The lowest BCUT2D eigenvalue weighted by atomic mass is 9.79. The molecule has 3 nitrogen and oxygen atoms in total. The van der Waals surface area contributed by atoms with Gasteiger partial charge in [0.15, 0.2) is 0 Å². The third-order valence-corrected chi connectivity index (χ3v) is 4.36. The van der Waals surface area contributed by atoms with Crippen molar-refractivity contribution < 1.29 is 9.53 Å². The van der Waals surface area contributed by atoms with Crippen molar-refractivity contribution >= 4 is 5.78 Å². The van der Waals surface area contributed by atoms with Crippen molar-refractivity contribution in [2.45, 2.75) is 45.4 Å². The second kappa shape index (κ2) is 5.19. The molecule has 1 aliphatic rings. The van der Waals surface area contributed by atoms with Crippen LogP contribution in [0.25, 0.3) is 0 Å². The van der Waals surface area contributed by atoms with Crippen molar-refractivity contribution in [2.24, 2.45) is 0 Å². The fraction of sp³-hybridized carbons (Fsp3) is 0.400. The fourth-order valence-corrected chi connectivity index (χ4v) is 2.95. The van der Waals surface area contributed by atoms with E-state index in [4.69, 9.17) is 4.74 Å². The summed E-state index contributed by atoms with van der Waals surface area (Å²) < 4.78 is 5.98. The Kier molecular flexibility index (Phi) is 3.55. The first kappa shape index (κ1) is 15.7. The molecular weight excluding hydrogens is 286 g/mol. The average Bonchev–Trinajstić information content (AvgIpc) is 2.81. The van der Waals surface area contributed by atoms with E-state index < -0.39 is 0 Å². The van der Waals surface area contributed by atoms with Gasteiger partial charge >= 0.3 is 0 Å². The first-order valence-electron chi connectivity index (χ1n) is 7.98. The number of aromatic nitrogens is 1. The van der Waals surface area contributed by atoms with E-state index in [0.717, 1.165) is 16.9 Å². The highest BCUT2D eigenvalue weighted by Crippen LogP contribution is 2.45. The number of carbonyl (C=O) groups excluding carboxylic acids is 1. The van der Waals surface area contributed by atoms with Crippen LogP contribution in [0.4, 0.5) is 0 Å². The standard InChI is InChI=1S/C20H23NO2/c1-19(2,3)14-10-13(17(22)16-8-6-7-9-21-16)11-15-18(14)23-12-20(15,4)5/h6-11H,12H2,1-5H3. The van der Waals surface area contributed by atoms with Gasteiger partial charge in [-0.3, -0.25) is 9.78 Å². The van der Waals surface area contributed by atoms with Gasteiger partial charge in [0.05, 0.1) is 6.61 Å². The lowest BCUT2D eigenvalue weighted by molar-refractivity contribution is 0.103. The summed E-state index contributed by atoms with van der Waals surface area (Å²) in [5, 5.41) is 0. The lowest BCUT2D eigenvalue weighted by Gasteiger charge is -2.24. The Morgan fingerprint density at radius 3 is 2.57 bits per heavy atom. The number of benzene rings is 1. The number of ketones is 1. The Bertz CT molecular complexity index is 755. The maximum absolute atomic E-state index is 12.8. The average molecular weight is 309 g/mol. The zero-order chi connectivity index (χ0) is 16.8. The van der Waals surface area contributed by atoms with Crippen molar-refractivity contribution in [3.05, 3.63) is 58.9 Å². The molecule has 120 valence electrons.